The lowest BCUT2D eigenvalue weighted by Crippen LogP contribution is -1.90. The van der Waals surface area contributed by atoms with Gasteiger partial charge in [0, 0.05) is 12.4 Å². The largest absolute Gasteiger partial charge is 0.265 e. The normalized spacial score (nSPS) is 24.3. The maximum Gasteiger partial charge on any atom is 0.0273 e. The third-order valence-electron chi connectivity index (χ3n) is 2.82. The second kappa shape index (κ2) is 4.92. The molecular formula is C14H17N. The lowest BCUT2D eigenvalue weighted by atomic mass is 9.95. The molecule has 1 aliphatic rings. The summed E-state index contributed by atoms with van der Waals surface area (Å²) in [5.41, 5.74) is 4.16. The van der Waals surface area contributed by atoms with E-state index in [4.69, 9.17) is 0 Å². The van der Waals surface area contributed by atoms with E-state index in [0.29, 0.717) is 0 Å². The first-order valence-electron chi connectivity index (χ1n) is 5.64. The van der Waals surface area contributed by atoms with E-state index in [-0.39, 0.29) is 0 Å². The van der Waals surface area contributed by atoms with E-state index in [1.54, 1.807) is 0 Å². The van der Waals surface area contributed by atoms with Crippen LogP contribution in [0.3, 0.4) is 0 Å². The fourth-order valence-electron chi connectivity index (χ4n) is 1.99. The van der Waals surface area contributed by atoms with Crippen LogP contribution in [0.1, 0.15) is 38.2 Å². The highest BCUT2D eigenvalue weighted by Crippen LogP contribution is 2.24. The van der Waals surface area contributed by atoms with E-state index in [9.17, 15) is 0 Å². The van der Waals surface area contributed by atoms with Crippen LogP contribution < -0.4 is 0 Å². The summed E-state index contributed by atoms with van der Waals surface area (Å²) >= 11 is 0. The number of pyridine rings is 1. The Bertz CT molecular complexity index is 374. The quantitative estimate of drug-likeness (QED) is 0.666. The van der Waals surface area contributed by atoms with Gasteiger partial charge in [0.05, 0.1) is 0 Å². The van der Waals surface area contributed by atoms with Gasteiger partial charge in [-0.1, -0.05) is 17.7 Å². The van der Waals surface area contributed by atoms with Crippen LogP contribution in [0, 0.1) is 0 Å². The highest BCUT2D eigenvalue weighted by molar-refractivity contribution is 5.67. The summed E-state index contributed by atoms with van der Waals surface area (Å²) in [7, 11) is 0. The van der Waals surface area contributed by atoms with E-state index in [0.717, 1.165) is 0 Å². The van der Waals surface area contributed by atoms with Crippen molar-refractivity contribution in [1.29, 1.82) is 0 Å². The van der Waals surface area contributed by atoms with Crippen molar-refractivity contribution in [2.24, 2.45) is 0 Å². The standard InChI is InChI=1S/C14H17N/c1-12-5-3-2-4-6-14(11-12)13-7-9-15-10-8-13/h5,7-11H,2-4,6H2,1H3/b12-5-,14-11+. The van der Waals surface area contributed by atoms with Crippen LogP contribution in [0.4, 0.5) is 0 Å². The molecule has 1 heterocycles. The number of nitrogens with zero attached hydrogens (tertiary/aromatic N) is 1. The van der Waals surface area contributed by atoms with Gasteiger partial charge in [-0.05, 0) is 55.9 Å². The predicted molar refractivity (Wildman–Crippen MR) is 64.4 cm³/mol. The van der Waals surface area contributed by atoms with Gasteiger partial charge >= 0.3 is 0 Å². The van der Waals surface area contributed by atoms with Crippen LogP contribution in [0.15, 0.2) is 42.3 Å². The maximum atomic E-state index is 4.06. The zero-order valence-electron chi connectivity index (χ0n) is 9.24. The number of allylic oxidation sites excluding steroid dienone is 4. The molecule has 0 aromatic carbocycles. The summed E-state index contributed by atoms with van der Waals surface area (Å²) in [6.45, 7) is 2.19. The van der Waals surface area contributed by atoms with Gasteiger partial charge in [0.15, 0.2) is 0 Å². The second-order valence-corrected chi connectivity index (χ2v) is 4.10. The Balaban J connectivity index is 2.30. The van der Waals surface area contributed by atoms with E-state index in [1.165, 1.54) is 42.4 Å². The van der Waals surface area contributed by atoms with Gasteiger partial charge in [0.1, 0.15) is 0 Å². The monoisotopic (exact) mass is 199 g/mol. The fraction of sp³-hybridized carbons (Fsp3) is 0.357. The highest BCUT2D eigenvalue weighted by atomic mass is 14.6. The molecule has 0 fully saturated rings. The van der Waals surface area contributed by atoms with Crippen LogP contribution >= 0.6 is 0 Å². The smallest absolute Gasteiger partial charge is 0.0273 e. The average molecular weight is 199 g/mol. The van der Waals surface area contributed by atoms with Crippen molar-refractivity contribution < 1.29 is 0 Å². The summed E-state index contributed by atoms with van der Waals surface area (Å²) in [4.78, 5) is 4.06. The van der Waals surface area contributed by atoms with Crippen molar-refractivity contribution in [3.05, 3.63) is 47.8 Å². The van der Waals surface area contributed by atoms with E-state index in [1.807, 2.05) is 12.4 Å². The molecule has 78 valence electrons. The zero-order valence-corrected chi connectivity index (χ0v) is 9.24. The Labute approximate surface area is 91.6 Å². The van der Waals surface area contributed by atoms with Crippen LogP contribution in [0.5, 0.6) is 0 Å². The molecule has 1 aromatic rings. The molecule has 2 rings (SSSR count). The lowest BCUT2D eigenvalue weighted by Gasteiger charge is -2.10. The van der Waals surface area contributed by atoms with Crippen LogP contribution in [0.2, 0.25) is 0 Å². The summed E-state index contributed by atoms with van der Waals surface area (Å²) < 4.78 is 0. The molecule has 1 aromatic heterocycles. The number of hydrogen-bond donors (Lipinski definition) is 0. The van der Waals surface area contributed by atoms with E-state index >= 15 is 0 Å². The molecule has 15 heavy (non-hydrogen) atoms. The number of aromatic nitrogens is 1. The molecule has 0 unspecified atom stereocenters. The second-order valence-electron chi connectivity index (χ2n) is 4.10. The third kappa shape index (κ3) is 2.79. The Morgan fingerprint density at radius 3 is 2.73 bits per heavy atom. The maximum absolute atomic E-state index is 4.06. The fourth-order valence-corrected chi connectivity index (χ4v) is 1.99. The minimum absolute atomic E-state index is 1.19. The first-order chi connectivity index (χ1) is 7.36. The van der Waals surface area contributed by atoms with Crippen molar-refractivity contribution in [3.8, 4) is 0 Å². The van der Waals surface area contributed by atoms with Gasteiger partial charge < -0.3 is 0 Å². The SMILES string of the molecule is CC1=C/CCCC/C(c2ccncc2)=C\1. The first kappa shape index (κ1) is 10.2. The predicted octanol–water partition coefficient (Wildman–Crippen LogP) is 3.99. The molecule has 0 spiro atoms. The first-order valence-corrected chi connectivity index (χ1v) is 5.64. The molecule has 0 bridgehead atoms. The van der Waals surface area contributed by atoms with Gasteiger partial charge in [-0.3, -0.25) is 4.98 Å². The van der Waals surface area contributed by atoms with Gasteiger partial charge in [0.2, 0.25) is 0 Å². The van der Waals surface area contributed by atoms with Crippen molar-refractivity contribution in [2.75, 3.05) is 0 Å². The molecule has 0 atom stereocenters. The van der Waals surface area contributed by atoms with Crippen LogP contribution in [-0.4, -0.2) is 4.98 Å². The molecule has 0 radical (unpaired) electrons. The molecule has 0 saturated heterocycles. The van der Waals surface area contributed by atoms with E-state index < -0.39 is 0 Å². The van der Waals surface area contributed by atoms with Gasteiger partial charge in [-0.25, -0.2) is 0 Å². The number of hydrogen-bond acceptors (Lipinski definition) is 1. The van der Waals surface area contributed by atoms with Gasteiger partial charge in [-0.2, -0.15) is 0 Å². The van der Waals surface area contributed by atoms with Crippen LogP contribution in [-0.2, 0) is 0 Å². The van der Waals surface area contributed by atoms with Gasteiger partial charge in [0.25, 0.3) is 0 Å². The molecule has 0 aliphatic heterocycles. The molecule has 0 N–H and O–H groups in total. The summed E-state index contributed by atoms with van der Waals surface area (Å²) in [5, 5.41) is 0. The average Bonchev–Trinajstić information content (AvgIpc) is 2.24. The van der Waals surface area contributed by atoms with Gasteiger partial charge in [-0.15, -0.1) is 0 Å². The van der Waals surface area contributed by atoms with Crippen LogP contribution in [0.25, 0.3) is 5.57 Å². The summed E-state index contributed by atoms with van der Waals surface area (Å²) in [5.74, 6) is 0. The van der Waals surface area contributed by atoms with E-state index in [2.05, 4.69) is 36.2 Å². The Kier molecular flexibility index (Phi) is 3.33. The topological polar surface area (TPSA) is 12.9 Å². The minimum Gasteiger partial charge on any atom is -0.265 e. The Morgan fingerprint density at radius 2 is 1.93 bits per heavy atom. The molecular weight excluding hydrogens is 182 g/mol. The minimum atomic E-state index is 1.19. The molecule has 1 nitrogen and oxygen atoms in total. The molecule has 0 saturated carbocycles. The third-order valence-corrected chi connectivity index (χ3v) is 2.82. The van der Waals surface area contributed by atoms with Crippen molar-refractivity contribution in [3.63, 3.8) is 0 Å². The molecule has 1 heteroatoms. The van der Waals surface area contributed by atoms with Crippen molar-refractivity contribution in [2.45, 2.75) is 32.6 Å². The van der Waals surface area contributed by atoms with Crippen molar-refractivity contribution in [1.82, 2.24) is 4.98 Å². The highest BCUT2D eigenvalue weighted by Gasteiger charge is 2.03. The summed E-state index contributed by atoms with van der Waals surface area (Å²) in [6, 6.07) is 4.20. The zero-order chi connectivity index (χ0) is 10.5. The number of rotatable bonds is 1. The molecule has 0 amide bonds. The Hall–Kier alpha value is -1.37. The van der Waals surface area contributed by atoms with Crippen molar-refractivity contribution >= 4 is 5.57 Å². The molecule has 1 aliphatic carbocycles. The Morgan fingerprint density at radius 1 is 1.13 bits per heavy atom. The lowest BCUT2D eigenvalue weighted by molar-refractivity contribution is 0.763. The summed E-state index contributed by atoms with van der Waals surface area (Å²) in [6.07, 6.45) is 13.4.